The molecule has 2 N–H and O–H groups in total. The van der Waals surface area contributed by atoms with E-state index in [1.807, 2.05) is 13.1 Å². The number of nitrogens with zero attached hydrogens (tertiary/aromatic N) is 2. The van der Waals surface area contributed by atoms with Crippen LogP contribution in [0.1, 0.15) is 56.9 Å². The first-order valence-electron chi connectivity index (χ1n) is 11.8. The second kappa shape index (κ2) is 8.60. The van der Waals surface area contributed by atoms with Crippen LogP contribution >= 0.6 is 0 Å². The molecular formula is C24H34N4O3. The molecule has 1 atom stereocenters. The van der Waals surface area contributed by atoms with Crippen molar-refractivity contribution < 1.29 is 14.3 Å². The first-order valence-corrected chi connectivity index (χ1v) is 11.8. The van der Waals surface area contributed by atoms with E-state index in [4.69, 9.17) is 9.47 Å². The minimum Gasteiger partial charge on any atom is -0.454 e. The van der Waals surface area contributed by atoms with Gasteiger partial charge in [-0.3, -0.25) is 9.79 Å². The second-order valence-corrected chi connectivity index (χ2v) is 9.52. The fourth-order valence-corrected chi connectivity index (χ4v) is 5.27. The van der Waals surface area contributed by atoms with Crippen LogP contribution in [0.25, 0.3) is 0 Å². The Balaban J connectivity index is 1.13. The number of carbonyl (C=O) groups is 1. The Bertz CT molecular complexity index is 845. The number of benzene rings is 1. The predicted molar refractivity (Wildman–Crippen MR) is 120 cm³/mol. The van der Waals surface area contributed by atoms with Crippen molar-refractivity contribution in [2.75, 3.05) is 33.5 Å². The van der Waals surface area contributed by atoms with E-state index in [0.29, 0.717) is 12.7 Å². The van der Waals surface area contributed by atoms with E-state index in [2.05, 4.69) is 32.7 Å². The Kier molecular flexibility index (Phi) is 5.67. The lowest BCUT2D eigenvalue weighted by Gasteiger charge is -2.26. The molecule has 1 aromatic carbocycles. The highest BCUT2D eigenvalue weighted by Crippen LogP contribution is 2.49. The summed E-state index contributed by atoms with van der Waals surface area (Å²) in [5, 5.41) is 7.08. The normalized spacial score (nSPS) is 24.9. The maximum absolute atomic E-state index is 12.8. The van der Waals surface area contributed by atoms with Crippen LogP contribution in [0.2, 0.25) is 0 Å². The fraction of sp³-hybridized carbons (Fsp3) is 0.667. The van der Waals surface area contributed by atoms with Crippen molar-refractivity contribution >= 4 is 11.9 Å². The highest BCUT2D eigenvalue weighted by atomic mass is 16.7. The number of likely N-dealkylation sites (tertiary alicyclic amines) is 1. The van der Waals surface area contributed by atoms with Gasteiger partial charge in [0, 0.05) is 44.1 Å². The molecule has 168 valence electrons. The molecule has 0 bridgehead atoms. The number of hydrogen-bond donors (Lipinski definition) is 2. The lowest BCUT2D eigenvalue weighted by atomic mass is 9.88. The molecule has 0 aromatic heterocycles. The van der Waals surface area contributed by atoms with Crippen molar-refractivity contribution in [3.8, 4) is 11.5 Å². The Hall–Kier alpha value is -2.44. The average Bonchev–Trinajstić information content (AvgIpc) is 3.22. The van der Waals surface area contributed by atoms with E-state index in [1.54, 1.807) is 0 Å². The Morgan fingerprint density at radius 3 is 2.74 bits per heavy atom. The largest absolute Gasteiger partial charge is 0.454 e. The minimum absolute atomic E-state index is 0.136. The molecule has 7 heteroatoms. The standard InChI is InChI=1S/C24H34N4O3/c1-25-23(27-19-9-12-28(14-19)22(29)17-5-3-2-4-6-17)26-15-24(10-11-24)18-7-8-20-21(13-18)31-16-30-20/h7-8,13,17,19H,2-6,9-12,14-16H2,1H3,(H2,25,26,27). The van der Waals surface area contributed by atoms with Crippen molar-refractivity contribution in [2.45, 2.75) is 62.8 Å². The van der Waals surface area contributed by atoms with Gasteiger partial charge in [-0.2, -0.15) is 0 Å². The SMILES string of the molecule is CN=C(NCC1(c2ccc3c(c2)OCO3)CC1)NC1CCN(C(=O)C2CCCCC2)C1. The van der Waals surface area contributed by atoms with Crippen molar-refractivity contribution in [1.82, 2.24) is 15.5 Å². The summed E-state index contributed by atoms with van der Waals surface area (Å²) in [4.78, 5) is 19.3. The summed E-state index contributed by atoms with van der Waals surface area (Å²) < 4.78 is 11.0. The Morgan fingerprint density at radius 1 is 1.16 bits per heavy atom. The van der Waals surface area contributed by atoms with E-state index in [9.17, 15) is 4.79 Å². The molecule has 2 aliphatic heterocycles. The van der Waals surface area contributed by atoms with Crippen LogP contribution in [0.15, 0.2) is 23.2 Å². The Labute approximate surface area is 184 Å². The van der Waals surface area contributed by atoms with E-state index in [-0.39, 0.29) is 17.4 Å². The zero-order chi connectivity index (χ0) is 21.3. The van der Waals surface area contributed by atoms with E-state index >= 15 is 0 Å². The monoisotopic (exact) mass is 426 g/mol. The van der Waals surface area contributed by atoms with Gasteiger partial charge >= 0.3 is 0 Å². The van der Waals surface area contributed by atoms with Gasteiger partial charge in [-0.1, -0.05) is 25.3 Å². The molecule has 2 saturated carbocycles. The van der Waals surface area contributed by atoms with Crippen LogP contribution in [-0.4, -0.2) is 56.3 Å². The fourth-order valence-electron chi connectivity index (χ4n) is 5.27. The van der Waals surface area contributed by atoms with Crippen LogP contribution in [0.4, 0.5) is 0 Å². The smallest absolute Gasteiger partial charge is 0.231 e. The van der Waals surface area contributed by atoms with Crippen molar-refractivity contribution in [3.63, 3.8) is 0 Å². The molecule has 4 aliphatic rings. The lowest BCUT2D eigenvalue weighted by molar-refractivity contribution is -0.135. The minimum atomic E-state index is 0.136. The number of hydrogen-bond acceptors (Lipinski definition) is 4. The van der Waals surface area contributed by atoms with Gasteiger partial charge in [0.15, 0.2) is 17.5 Å². The number of guanidine groups is 1. The van der Waals surface area contributed by atoms with Crippen LogP contribution in [0.5, 0.6) is 11.5 Å². The summed E-state index contributed by atoms with van der Waals surface area (Å²) in [6.07, 6.45) is 9.11. The topological polar surface area (TPSA) is 75.2 Å². The number of fused-ring (bicyclic) bond motifs is 1. The van der Waals surface area contributed by atoms with E-state index in [1.165, 1.54) is 24.8 Å². The highest BCUT2D eigenvalue weighted by molar-refractivity contribution is 5.81. The highest BCUT2D eigenvalue weighted by Gasteiger charge is 2.45. The van der Waals surface area contributed by atoms with Crippen LogP contribution < -0.4 is 20.1 Å². The predicted octanol–water partition coefficient (Wildman–Crippen LogP) is 2.79. The molecule has 3 fully saturated rings. The van der Waals surface area contributed by atoms with Gasteiger partial charge < -0.3 is 25.0 Å². The summed E-state index contributed by atoms with van der Waals surface area (Å²) in [5.41, 5.74) is 1.43. The molecule has 2 heterocycles. The molecule has 0 radical (unpaired) electrons. The number of aliphatic imine (C=N–C) groups is 1. The van der Waals surface area contributed by atoms with Gasteiger partial charge in [-0.05, 0) is 49.8 Å². The van der Waals surface area contributed by atoms with Gasteiger partial charge in [0.1, 0.15) is 0 Å². The van der Waals surface area contributed by atoms with Gasteiger partial charge in [0.05, 0.1) is 0 Å². The number of rotatable bonds is 5. The molecular weight excluding hydrogens is 392 g/mol. The number of carbonyl (C=O) groups excluding carboxylic acids is 1. The number of nitrogens with one attached hydrogen (secondary N) is 2. The zero-order valence-corrected chi connectivity index (χ0v) is 18.5. The van der Waals surface area contributed by atoms with Gasteiger partial charge in [-0.25, -0.2) is 0 Å². The average molecular weight is 427 g/mol. The third-order valence-electron chi connectivity index (χ3n) is 7.45. The quantitative estimate of drug-likeness (QED) is 0.559. The van der Waals surface area contributed by atoms with Gasteiger partial charge in [-0.15, -0.1) is 0 Å². The summed E-state index contributed by atoms with van der Waals surface area (Å²) >= 11 is 0. The molecule has 1 saturated heterocycles. The molecule has 2 aliphatic carbocycles. The van der Waals surface area contributed by atoms with Crippen molar-refractivity contribution in [3.05, 3.63) is 23.8 Å². The van der Waals surface area contributed by atoms with Gasteiger partial charge in [0.25, 0.3) is 0 Å². The number of ether oxygens (including phenoxy) is 2. The molecule has 0 spiro atoms. The Morgan fingerprint density at radius 2 is 1.97 bits per heavy atom. The first kappa shape index (κ1) is 20.5. The zero-order valence-electron chi connectivity index (χ0n) is 18.5. The summed E-state index contributed by atoms with van der Waals surface area (Å²) in [6.45, 7) is 2.78. The molecule has 5 rings (SSSR count). The summed E-state index contributed by atoms with van der Waals surface area (Å²) in [6, 6.07) is 6.56. The maximum Gasteiger partial charge on any atom is 0.231 e. The van der Waals surface area contributed by atoms with Gasteiger partial charge in [0.2, 0.25) is 12.7 Å². The van der Waals surface area contributed by atoms with Crippen molar-refractivity contribution in [2.24, 2.45) is 10.9 Å². The van der Waals surface area contributed by atoms with Crippen LogP contribution in [0.3, 0.4) is 0 Å². The second-order valence-electron chi connectivity index (χ2n) is 9.52. The lowest BCUT2D eigenvalue weighted by Crippen LogP contribution is -2.47. The van der Waals surface area contributed by atoms with Crippen molar-refractivity contribution in [1.29, 1.82) is 0 Å². The molecule has 31 heavy (non-hydrogen) atoms. The molecule has 1 unspecified atom stereocenters. The first-order chi connectivity index (χ1) is 15.2. The third kappa shape index (κ3) is 4.32. The molecule has 1 aromatic rings. The summed E-state index contributed by atoms with van der Waals surface area (Å²) in [7, 11) is 1.81. The van der Waals surface area contributed by atoms with Crippen LogP contribution in [0, 0.1) is 5.92 Å². The van der Waals surface area contributed by atoms with E-state index < -0.39 is 0 Å². The maximum atomic E-state index is 12.8. The number of amides is 1. The van der Waals surface area contributed by atoms with Crippen LogP contribution in [-0.2, 0) is 10.2 Å². The molecule has 7 nitrogen and oxygen atoms in total. The van der Waals surface area contributed by atoms with E-state index in [0.717, 1.165) is 69.2 Å². The third-order valence-corrected chi connectivity index (χ3v) is 7.45. The molecule has 1 amide bonds. The summed E-state index contributed by atoms with van der Waals surface area (Å²) in [5.74, 6) is 3.12.